The van der Waals surface area contributed by atoms with E-state index in [9.17, 15) is 14.9 Å². The summed E-state index contributed by atoms with van der Waals surface area (Å²) < 4.78 is 0. The Morgan fingerprint density at radius 2 is 2.09 bits per heavy atom. The lowest BCUT2D eigenvalue weighted by Gasteiger charge is -2.23. The average molecular weight is 314 g/mol. The minimum Gasteiger partial charge on any atom is -0.376 e. The Morgan fingerprint density at radius 1 is 1.39 bits per heavy atom. The van der Waals surface area contributed by atoms with E-state index in [1.54, 1.807) is 13.0 Å². The summed E-state index contributed by atoms with van der Waals surface area (Å²) in [4.78, 5) is 23.2. The number of anilines is 2. The maximum Gasteiger partial charge on any atom is 0.240 e. The molecular formula is C17H22N4O2. The molecule has 1 fully saturated rings. The van der Waals surface area contributed by atoms with Gasteiger partial charge in [0.15, 0.2) is 0 Å². The lowest BCUT2D eigenvalue weighted by molar-refractivity contribution is -0.120. The second-order valence-electron chi connectivity index (χ2n) is 6.20. The number of nitriles is 1. The van der Waals surface area contributed by atoms with Crippen molar-refractivity contribution in [2.45, 2.75) is 39.2 Å². The maximum absolute atomic E-state index is 12.1. The number of nitrogens with one attached hydrogen (secondary N) is 3. The van der Waals surface area contributed by atoms with Crippen LogP contribution in [0.2, 0.25) is 0 Å². The van der Waals surface area contributed by atoms with Crippen LogP contribution in [0.3, 0.4) is 0 Å². The molecule has 1 aliphatic rings. The van der Waals surface area contributed by atoms with Crippen LogP contribution < -0.4 is 16.0 Å². The highest BCUT2D eigenvalue weighted by molar-refractivity contribution is 5.89. The van der Waals surface area contributed by atoms with Crippen LogP contribution in [-0.4, -0.2) is 23.9 Å². The highest BCUT2D eigenvalue weighted by Gasteiger charge is 2.42. The van der Waals surface area contributed by atoms with Gasteiger partial charge in [-0.25, -0.2) is 0 Å². The molecule has 2 amide bonds. The maximum atomic E-state index is 12.1. The Hall–Kier alpha value is -2.55. The van der Waals surface area contributed by atoms with Gasteiger partial charge in [0.1, 0.15) is 5.54 Å². The van der Waals surface area contributed by atoms with Crippen molar-refractivity contribution in [2.75, 3.05) is 17.2 Å². The molecule has 0 aromatic heterocycles. The normalized spacial score (nSPS) is 15.9. The molecule has 23 heavy (non-hydrogen) atoms. The standard InChI is InChI=1S/C17H22N4O2/c1-11-4-7-14(20-12(2)22)8-15(11)19-9-16(23)21-17(3,10-18)13-5-6-13/h4,7-8,13,19H,5-6,9H2,1-3H3,(H,20,22)(H,21,23)/t17-/m1/s1. The van der Waals surface area contributed by atoms with E-state index in [4.69, 9.17) is 0 Å². The number of hydrogen-bond acceptors (Lipinski definition) is 4. The minimum absolute atomic E-state index is 0.0777. The summed E-state index contributed by atoms with van der Waals surface area (Å²) in [6.45, 7) is 5.21. The van der Waals surface area contributed by atoms with Crippen LogP contribution in [0.5, 0.6) is 0 Å². The van der Waals surface area contributed by atoms with Crippen LogP contribution in [0, 0.1) is 24.2 Å². The molecule has 1 aliphatic carbocycles. The number of aryl methyl sites for hydroxylation is 1. The van der Waals surface area contributed by atoms with Gasteiger partial charge in [0.2, 0.25) is 11.8 Å². The lowest BCUT2D eigenvalue weighted by atomic mass is 9.98. The third kappa shape index (κ3) is 4.46. The minimum atomic E-state index is -0.786. The van der Waals surface area contributed by atoms with Crippen LogP contribution in [-0.2, 0) is 9.59 Å². The van der Waals surface area contributed by atoms with Crippen LogP contribution >= 0.6 is 0 Å². The van der Waals surface area contributed by atoms with Crippen LogP contribution in [0.4, 0.5) is 11.4 Å². The summed E-state index contributed by atoms with van der Waals surface area (Å²) in [5, 5.41) is 17.8. The van der Waals surface area contributed by atoms with Crippen molar-refractivity contribution in [3.63, 3.8) is 0 Å². The van der Waals surface area contributed by atoms with Crippen LogP contribution in [0.1, 0.15) is 32.3 Å². The Labute approximate surface area is 136 Å². The number of hydrogen-bond donors (Lipinski definition) is 3. The molecule has 1 aromatic rings. The van der Waals surface area contributed by atoms with Crippen molar-refractivity contribution >= 4 is 23.2 Å². The van der Waals surface area contributed by atoms with E-state index in [1.165, 1.54) is 6.92 Å². The van der Waals surface area contributed by atoms with Gasteiger partial charge in [-0.15, -0.1) is 0 Å². The molecule has 0 aliphatic heterocycles. The van der Waals surface area contributed by atoms with Gasteiger partial charge in [-0.1, -0.05) is 6.07 Å². The predicted octanol–water partition coefficient (Wildman–Crippen LogP) is 2.17. The molecule has 3 N–H and O–H groups in total. The number of nitrogens with zero attached hydrogens (tertiary/aromatic N) is 1. The van der Waals surface area contributed by atoms with Gasteiger partial charge in [-0.2, -0.15) is 5.26 Å². The van der Waals surface area contributed by atoms with Gasteiger partial charge in [-0.05, 0) is 50.3 Å². The van der Waals surface area contributed by atoms with E-state index in [2.05, 4.69) is 22.0 Å². The molecule has 122 valence electrons. The summed E-state index contributed by atoms with van der Waals surface area (Å²) in [6, 6.07) is 7.67. The smallest absolute Gasteiger partial charge is 0.240 e. The van der Waals surface area contributed by atoms with Gasteiger partial charge in [-0.3, -0.25) is 9.59 Å². The van der Waals surface area contributed by atoms with Crippen molar-refractivity contribution in [3.8, 4) is 6.07 Å². The van der Waals surface area contributed by atoms with Crippen LogP contribution in [0.15, 0.2) is 18.2 Å². The Morgan fingerprint density at radius 3 is 2.65 bits per heavy atom. The first-order valence-corrected chi connectivity index (χ1v) is 7.68. The van der Waals surface area contributed by atoms with E-state index in [-0.39, 0.29) is 24.3 Å². The monoisotopic (exact) mass is 314 g/mol. The summed E-state index contributed by atoms with van der Waals surface area (Å²) in [5.74, 6) is -0.113. The summed E-state index contributed by atoms with van der Waals surface area (Å²) >= 11 is 0. The van der Waals surface area contributed by atoms with Crippen molar-refractivity contribution < 1.29 is 9.59 Å². The molecule has 0 radical (unpaired) electrons. The zero-order chi connectivity index (χ0) is 17.0. The fourth-order valence-corrected chi connectivity index (χ4v) is 2.48. The zero-order valence-corrected chi connectivity index (χ0v) is 13.7. The van der Waals surface area contributed by atoms with E-state index >= 15 is 0 Å². The molecule has 0 saturated heterocycles. The quantitative estimate of drug-likeness (QED) is 0.750. The van der Waals surface area contributed by atoms with Crippen molar-refractivity contribution in [3.05, 3.63) is 23.8 Å². The zero-order valence-electron chi connectivity index (χ0n) is 13.7. The number of benzene rings is 1. The lowest BCUT2D eigenvalue weighted by Crippen LogP contribution is -2.48. The van der Waals surface area contributed by atoms with Crippen molar-refractivity contribution in [1.29, 1.82) is 5.26 Å². The summed E-state index contributed by atoms with van der Waals surface area (Å²) in [5.41, 5.74) is 1.63. The topological polar surface area (TPSA) is 94.0 Å². The Bertz CT molecular complexity index is 661. The first-order chi connectivity index (χ1) is 10.8. The molecule has 0 heterocycles. The van der Waals surface area contributed by atoms with Gasteiger partial charge >= 0.3 is 0 Å². The van der Waals surface area contributed by atoms with Crippen LogP contribution in [0.25, 0.3) is 0 Å². The van der Waals surface area contributed by atoms with Gasteiger partial charge in [0.05, 0.1) is 12.6 Å². The average Bonchev–Trinajstić information content (AvgIpc) is 3.32. The highest BCUT2D eigenvalue weighted by atomic mass is 16.2. The summed E-state index contributed by atoms with van der Waals surface area (Å²) in [7, 11) is 0. The summed E-state index contributed by atoms with van der Waals surface area (Å²) in [6.07, 6.45) is 1.96. The third-order valence-electron chi connectivity index (χ3n) is 4.02. The molecule has 6 heteroatoms. The largest absolute Gasteiger partial charge is 0.376 e. The highest BCUT2D eigenvalue weighted by Crippen LogP contribution is 2.39. The molecular weight excluding hydrogens is 292 g/mol. The van der Waals surface area contributed by atoms with E-state index in [0.717, 1.165) is 24.1 Å². The second-order valence-corrected chi connectivity index (χ2v) is 6.20. The third-order valence-corrected chi connectivity index (χ3v) is 4.02. The van der Waals surface area contributed by atoms with Gasteiger partial charge in [0.25, 0.3) is 0 Å². The number of amides is 2. The number of rotatable bonds is 6. The fraction of sp³-hybridized carbons (Fsp3) is 0.471. The number of carbonyl (C=O) groups is 2. The number of carbonyl (C=O) groups excluding carboxylic acids is 2. The first-order valence-electron chi connectivity index (χ1n) is 7.68. The molecule has 0 bridgehead atoms. The van der Waals surface area contributed by atoms with Gasteiger partial charge < -0.3 is 16.0 Å². The molecule has 1 atom stereocenters. The van der Waals surface area contributed by atoms with E-state index in [0.29, 0.717) is 5.69 Å². The first kappa shape index (κ1) is 16.8. The van der Waals surface area contributed by atoms with E-state index < -0.39 is 5.54 Å². The molecule has 0 spiro atoms. The Balaban J connectivity index is 1.96. The second kappa shape index (κ2) is 6.69. The predicted molar refractivity (Wildman–Crippen MR) is 88.9 cm³/mol. The van der Waals surface area contributed by atoms with Crippen molar-refractivity contribution in [1.82, 2.24) is 5.32 Å². The SMILES string of the molecule is CC(=O)Nc1ccc(C)c(NCC(=O)N[C@](C)(C#N)C2CC2)c1. The van der Waals surface area contributed by atoms with E-state index in [1.807, 2.05) is 19.1 Å². The molecule has 0 unspecified atom stereocenters. The van der Waals surface area contributed by atoms with Gasteiger partial charge in [0, 0.05) is 18.3 Å². The molecule has 1 saturated carbocycles. The Kier molecular flexibility index (Phi) is 4.89. The fourth-order valence-electron chi connectivity index (χ4n) is 2.48. The van der Waals surface area contributed by atoms with Crippen molar-refractivity contribution in [2.24, 2.45) is 5.92 Å². The molecule has 2 rings (SSSR count). The molecule has 1 aromatic carbocycles. The molecule has 6 nitrogen and oxygen atoms in total.